The first kappa shape index (κ1) is 16.6. The summed E-state index contributed by atoms with van der Waals surface area (Å²) in [4.78, 5) is 14.0. The molecule has 7 heteroatoms. The normalized spacial score (nSPS) is 11.8. The lowest BCUT2D eigenvalue weighted by atomic mass is 10.0. The number of fused-ring (bicyclic) bond motifs is 1. The van der Waals surface area contributed by atoms with E-state index in [1.165, 1.54) is 12.1 Å². The Kier molecular flexibility index (Phi) is 4.13. The zero-order chi connectivity index (χ0) is 17.5. The number of H-pyrrole nitrogens is 1. The van der Waals surface area contributed by atoms with Gasteiger partial charge in [0.15, 0.2) is 0 Å². The van der Waals surface area contributed by atoms with Crippen LogP contribution >= 0.6 is 15.9 Å². The molecule has 1 aromatic heterocycles. The predicted octanol–water partition coefficient (Wildman–Crippen LogP) is 5.24. The van der Waals surface area contributed by atoms with Crippen molar-refractivity contribution in [3.63, 3.8) is 0 Å². The fraction of sp³-hybridized carbons (Fsp3) is 0.118. The number of halogens is 4. The molecule has 2 N–H and O–H groups in total. The van der Waals surface area contributed by atoms with Crippen molar-refractivity contribution in [2.75, 3.05) is 0 Å². The number of nitrogens with one attached hydrogen (secondary N) is 1. The van der Waals surface area contributed by atoms with Crippen LogP contribution in [0.3, 0.4) is 0 Å². The summed E-state index contributed by atoms with van der Waals surface area (Å²) in [7, 11) is 0. The van der Waals surface area contributed by atoms with Gasteiger partial charge in [0, 0.05) is 15.4 Å². The van der Waals surface area contributed by atoms with Crippen LogP contribution < -0.4 is 0 Å². The van der Waals surface area contributed by atoms with Crippen molar-refractivity contribution in [3.05, 3.63) is 58.1 Å². The molecule has 2 aromatic carbocycles. The van der Waals surface area contributed by atoms with Crippen LogP contribution in [0.4, 0.5) is 13.2 Å². The van der Waals surface area contributed by atoms with Crippen LogP contribution in [-0.4, -0.2) is 16.1 Å². The van der Waals surface area contributed by atoms with Gasteiger partial charge in [-0.2, -0.15) is 13.2 Å². The molecular formula is C17H11BrF3NO2. The molecule has 124 valence electrons. The third kappa shape index (κ3) is 2.91. The molecule has 0 spiro atoms. The van der Waals surface area contributed by atoms with E-state index in [2.05, 4.69) is 20.9 Å². The zero-order valence-electron chi connectivity index (χ0n) is 12.1. The van der Waals surface area contributed by atoms with Gasteiger partial charge in [0.2, 0.25) is 0 Å². The van der Waals surface area contributed by atoms with Crippen LogP contribution in [0.2, 0.25) is 0 Å². The second kappa shape index (κ2) is 5.98. The van der Waals surface area contributed by atoms with Gasteiger partial charge in [0.05, 0.1) is 23.2 Å². The van der Waals surface area contributed by atoms with Crippen LogP contribution in [0.15, 0.2) is 46.9 Å². The Balaban J connectivity index is 2.36. The van der Waals surface area contributed by atoms with Gasteiger partial charge in [-0.25, -0.2) is 0 Å². The number of rotatable bonds is 3. The van der Waals surface area contributed by atoms with Crippen molar-refractivity contribution in [1.82, 2.24) is 4.98 Å². The molecule has 0 amide bonds. The number of benzene rings is 2. The maximum absolute atomic E-state index is 13.3. The van der Waals surface area contributed by atoms with E-state index in [1.807, 2.05) is 0 Å². The molecule has 0 radical (unpaired) electrons. The highest BCUT2D eigenvalue weighted by Gasteiger charge is 2.34. The molecule has 0 aliphatic carbocycles. The molecule has 3 nitrogen and oxygen atoms in total. The summed E-state index contributed by atoms with van der Waals surface area (Å²) in [6.45, 7) is 0. The lowest BCUT2D eigenvalue weighted by Crippen LogP contribution is -2.05. The molecule has 3 aromatic rings. The Bertz CT molecular complexity index is 931. The van der Waals surface area contributed by atoms with E-state index in [0.717, 1.165) is 6.07 Å². The number of carbonyl (C=O) groups is 1. The molecule has 0 unspecified atom stereocenters. The van der Waals surface area contributed by atoms with Gasteiger partial charge in [-0.3, -0.25) is 4.79 Å². The van der Waals surface area contributed by atoms with Crippen molar-refractivity contribution in [2.24, 2.45) is 0 Å². The number of alkyl halides is 3. The van der Waals surface area contributed by atoms with E-state index < -0.39 is 17.7 Å². The van der Waals surface area contributed by atoms with E-state index >= 15 is 0 Å². The quantitative estimate of drug-likeness (QED) is 0.634. The SMILES string of the molecule is O=C(O)Cc1c(-c2ccccc2Br)[nH]c2c(C(F)(F)F)cccc12. The third-order valence-corrected chi connectivity index (χ3v) is 4.41. The summed E-state index contributed by atoms with van der Waals surface area (Å²) in [6.07, 6.45) is -4.91. The molecule has 0 fully saturated rings. The zero-order valence-corrected chi connectivity index (χ0v) is 13.7. The van der Waals surface area contributed by atoms with Crippen molar-refractivity contribution < 1.29 is 23.1 Å². The molecular weight excluding hydrogens is 387 g/mol. The Hall–Kier alpha value is -2.28. The number of hydrogen-bond donors (Lipinski definition) is 2. The number of carboxylic acids is 1. The standard InChI is InChI=1S/C17H11BrF3NO2/c18-13-7-2-1-4-10(13)15-11(8-14(23)24)9-5-3-6-12(16(9)22-15)17(19,20)21/h1-7,22H,8H2,(H,23,24). The third-order valence-electron chi connectivity index (χ3n) is 3.72. The van der Waals surface area contributed by atoms with E-state index in [-0.39, 0.29) is 17.3 Å². The van der Waals surface area contributed by atoms with Gasteiger partial charge in [-0.15, -0.1) is 0 Å². The van der Waals surface area contributed by atoms with Crippen molar-refractivity contribution >= 4 is 32.8 Å². The Labute approximate surface area is 143 Å². The topological polar surface area (TPSA) is 53.1 Å². The predicted molar refractivity (Wildman–Crippen MR) is 87.8 cm³/mol. The molecule has 0 bridgehead atoms. The van der Waals surface area contributed by atoms with Crippen LogP contribution in [-0.2, 0) is 17.4 Å². The molecule has 3 rings (SSSR count). The highest BCUT2D eigenvalue weighted by Crippen LogP contribution is 2.40. The second-order valence-electron chi connectivity index (χ2n) is 5.25. The number of aromatic nitrogens is 1. The molecule has 0 aliphatic heterocycles. The van der Waals surface area contributed by atoms with Crippen LogP contribution in [0.25, 0.3) is 22.2 Å². The highest BCUT2D eigenvalue weighted by molar-refractivity contribution is 9.10. The highest BCUT2D eigenvalue weighted by atomic mass is 79.9. The average molecular weight is 398 g/mol. The maximum atomic E-state index is 13.3. The monoisotopic (exact) mass is 397 g/mol. The molecule has 0 atom stereocenters. The summed E-state index contributed by atoms with van der Waals surface area (Å²) in [5.74, 6) is -1.11. The van der Waals surface area contributed by atoms with Crippen LogP contribution in [0.5, 0.6) is 0 Å². The van der Waals surface area contributed by atoms with Crippen LogP contribution in [0.1, 0.15) is 11.1 Å². The number of aliphatic carboxylic acids is 1. The molecule has 0 saturated carbocycles. The second-order valence-corrected chi connectivity index (χ2v) is 6.11. The average Bonchev–Trinajstić information content (AvgIpc) is 2.84. The van der Waals surface area contributed by atoms with E-state index in [4.69, 9.17) is 5.11 Å². The first-order valence-corrected chi connectivity index (χ1v) is 7.76. The minimum Gasteiger partial charge on any atom is -0.481 e. The summed E-state index contributed by atoms with van der Waals surface area (Å²) in [6, 6.07) is 10.7. The van der Waals surface area contributed by atoms with Gasteiger partial charge < -0.3 is 10.1 Å². The minimum atomic E-state index is -4.53. The van der Waals surface area contributed by atoms with Gasteiger partial charge in [0.25, 0.3) is 0 Å². The van der Waals surface area contributed by atoms with E-state index in [1.54, 1.807) is 24.3 Å². The maximum Gasteiger partial charge on any atom is 0.418 e. The van der Waals surface area contributed by atoms with Gasteiger partial charge in [-0.05, 0) is 17.7 Å². The van der Waals surface area contributed by atoms with Crippen molar-refractivity contribution in [1.29, 1.82) is 0 Å². The molecule has 24 heavy (non-hydrogen) atoms. The Morgan fingerprint density at radius 2 is 1.83 bits per heavy atom. The smallest absolute Gasteiger partial charge is 0.418 e. The first-order valence-electron chi connectivity index (χ1n) is 6.96. The summed E-state index contributed by atoms with van der Waals surface area (Å²) < 4.78 is 40.4. The minimum absolute atomic E-state index is 0.105. The Morgan fingerprint density at radius 1 is 1.12 bits per heavy atom. The lowest BCUT2D eigenvalue weighted by molar-refractivity contribution is -0.137. The fourth-order valence-electron chi connectivity index (χ4n) is 2.74. The molecule has 0 saturated heterocycles. The first-order chi connectivity index (χ1) is 11.3. The van der Waals surface area contributed by atoms with Crippen LogP contribution in [0, 0.1) is 0 Å². The number of hydrogen-bond acceptors (Lipinski definition) is 1. The van der Waals surface area contributed by atoms with Gasteiger partial charge >= 0.3 is 12.1 Å². The number of carboxylic acid groups (broad SMARTS) is 1. The van der Waals surface area contributed by atoms with Crippen molar-refractivity contribution in [2.45, 2.75) is 12.6 Å². The molecule has 1 heterocycles. The van der Waals surface area contributed by atoms with Crippen molar-refractivity contribution in [3.8, 4) is 11.3 Å². The summed E-state index contributed by atoms with van der Waals surface area (Å²) in [5.41, 5.74) is 0.391. The van der Waals surface area contributed by atoms with E-state index in [0.29, 0.717) is 21.3 Å². The number of aromatic amines is 1. The van der Waals surface area contributed by atoms with E-state index in [9.17, 15) is 18.0 Å². The molecule has 0 aliphatic rings. The van der Waals surface area contributed by atoms with Gasteiger partial charge in [-0.1, -0.05) is 46.3 Å². The fourth-order valence-corrected chi connectivity index (χ4v) is 3.22. The Morgan fingerprint density at radius 3 is 2.46 bits per heavy atom. The lowest BCUT2D eigenvalue weighted by Gasteiger charge is -2.07. The summed E-state index contributed by atoms with van der Waals surface area (Å²) in [5, 5.41) is 9.43. The largest absolute Gasteiger partial charge is 0.481 e. The van der Waals surface area contributed by atoms with Gasteiger partial charge in [0.1, 0.15) is 0 Å². The number of para-hydroxylation sites is 1. The summed E-state index contributed by atoms with van der Waals surface area (Å²) >= 11 is 3.36.